The second kappa shape index (κ2) is 9.41. The monoisotopic (exact) mass is 386 g/mol. The van der Waals surface area contributed by atoms with E-state index in [1.165, 1.54) is 6.20 Å². The molecule has 0 spiro atoms. The molecule has 1 aliphatic rings. The van der Waals surface area contributed by atoms with E-state index in [1.54, 1.807) is 26.4 Å². The molecular weight excluding hydrogens is 360 g/mol. The molecule has 1 aliphatic carbocycles. The summed E-state index contributed by atoms with van der Waals surface area (Å²) in [6.07, 6.45) is 4.90. The first-order valence-corrected chi connectivity index (χ1v) is 9.39. The molecule has 0 unspecified atom stereocenters. The van der Waals surface area contributed by atoms with E-state index in [2.05, 4.69) is 10.3 Å². The van der Waals surface area contributed by atoms with E-state index in [0.717, 1.165) is 25.7 Å². The van der Waals surface area contributed by atoms with Gasteiger partial charge in [0, 0.05) is 12.2 Å². The average molecular weight is 386 g/mol. The average Bonchev–Trinajstić information content (AvgIpc) is 2.74. The summed E-state index contributed by atoms with van der Waals surface area (Å²) in [6.45, 7) is -0.112. The number of aromatic nitrogens is 1. The molecule has 1 fully saturated rings. The van der Waals surface area contributed by atoms with E-state index in [9.17, 15) is 9.90 Å². The van der Waals surface area contributed by atoms with Crippen molar-refractivity contribution in [2.24, 2.45) is 0 Å². The van der Waals surface area contributed by atoms with Crippen LogP contribution in [-0.2, 0) is 6.61 Å². The van der Waals surface area contributed by atoms with Crippen molar-refractivity contribution in [3.05, 3.63) is 47.8 Å². The molecule has 1 aromatic carbocycles. The number of hydrogen-bond acceptors (Lipinski definition) is 6. The van der Waals surface area contributed by atoms with Crippen molar-refractivity contribution in [2.75, 3.05) is 14.2 Å². The fraction of sp³-hybridized carbons (Fsp3) is 0.429. The molecule has 3 rings (SSSR count). The van der Waals surface area contributed by atoms with Crippen molar-refractivity contribution >= 4 is 5.91 Å². The Bertz CT molecular complexity index is 803. The Morgan fingerprint density at radius 2 is 1.89 bits per heavy atom. The number of pyridine rings is 1. The minimum atomic E-state index is -0.214. The van der Waals surface area contributed by atoms with Crippen LogP contribution < -0.4 is 19.5 Å². The van der Waals surface area contributed by atoms with Gasteiger partial charge in [0.1, 0.15) is 5.69 Å². The highest BCUT2D eigenvalue weighted by molar-refractivity contribution is 5.92. The molecule has 1 heterocycles. The van der Waals surface area contributed by atoms with E-state index >= 15 is 0 Å². The van der Waals surface area contributed by atoms with Crippen LogP contribution in [0.1, 0.15) is 41.7 Å². The van der Waals surface area contributed by atoms with Crippen LogP contribution in [0.2, 0.25) is 0 Å². The summed E-state index contributed by atoms with van der Waals surface area (Å²) in [5.41, 5.74) is 0.996. The van der Waals surface area contributed by atoms with E-state index in [-0.39, 0.29) is 24.7 Å². The minimum absolute atomic E-state index is 0.0602. The Hall–Kier alpha value is -2.80. The maximum atomic E-state index is 12.4. The van der Waals surface area contributed by atoms with E-state index in [0.29, 0.717) is 28.5 Å². The second-order valence-electron chi connectivity index (χ2n) is 6.76. The van der Waals surface area contributed by atoms with Crippen LogP contribution in [0.15, 0.2) is 36.5 Å². The lowest BCUT2D eigenvalue weighted by molar-refractivity contribution is 0.0886. The zero-order valence-electron chi connectivity index (χ0n) is 16.2. The molecule has 1 aromatic heterocycles. The Morgan fingerprint density at radius 1 is 1.14 bits per heavy atom. The maximum Gasteiger partial charge on any atom is 0.270 e. The molecule has 1 saturated carbocycles. The Balaban J connectivity index is 1.54. The predicted molar refractivity (Wildman–Crippen MR) is 104 cm³/mol. The largest absolute Gasteiger partial charge is 0.493 e. The third kappa shape index (κ3) is 4.72. The first-order valence-electron chi connectivity index (χ1n) is 9.39. The highest BCUT2D eigenvalue weighted by Gasteiger charge is 2.25. The first-order chi connectivity index (χ1) is 13.6. The quantitative estimate of drug-likeness (QED) is 0.760. The second-order valence-corrected chi connectivity index (χ2v) is 6.76. The summed E-state index contributed by atoms with van der Waals surface area (Å²) in [6, 6.07) is 8.95. The van der Waals surface area contributed by atoms with Gasteiger partial charge < -0.3 is 24.6 Å². The lowest BCUT2D eigenvalue weighted by atomic mass is 9.92. The van der Waals surface area contributed by atoms with E-state index in [4.69, 9.17) is 14.2 Å². The highest BCUT2D eigenvalue weighted by atomic mass is 16.5. The molecule has 0 radical (unpaired) electrons. The summed E-state index contributed by atoms with van der Waals surface area (Å²) >= 11 is 0. The molecule has 150 valence electrons. The van der Waals surface area contributed by atoms with Gasteiger partial charge in [-0.05, 0) is 55.5 Å². The maximum absolute atomic E-state index is 12.4. The molecule has 1 amide bonds. The van der Waals surface area contributed by atoms with Crippen molar-refractivity contribution in [1.29, 1.82) is 0 Å². The lowest BCUT2D eigenvalue weighted by Gasteiger charge is -2.30. The molecule has 2 aromatic rings. The number of amides is 1. The van der Waals surface area contributed by atoms with Gasteiger partial charge in [0.2, 0.25) is 5.75 Å². The summed E-state index contributed by atoms with van der Waals surface area (Å²) in [5.74, 6) is 1.68. The molecule has 28 heavy (non-hydrogen) atoms. The SMILES string of the molecule is COc1cccc(OC2CCC(NC(=O)c3cc(CO)ccn3)CC2)c1OC. The number of carbonyl (C=O) groups excluding carboxylic acids is 1. The van der Waals surface area contributed by atoms with Crippen LogP contribution in [0.3, 0.4) is 0 Å². The number of rotatable bonds is 7. The Labute approximate surface area is 164 Å². The molecule has 0 bridgehead atoms. The van der Waals surface area contributed by atoms with E-state index < -0.39 is 0 Å². The first kappa shape index (κ1) is 19.9. The fourth-order valence-electron chi connectivity index (χ4n) is 3.41. The van der Waals surface area contributed by atoms with Crippen LogP contribution >= 0.6 is 0 Å². The third-order valence-electron chi connectivity index (χ3n) is 4.91. The Morgan fingerprint density at radius 3 is 2.57 bits per heavy atom. The Kier molecular flexibility index (Phi) is 6.71. The van der Waals surface area contributed by atoms with Gasteiger partial charge in [-0.1, -0.05) is 6.07 Å². The van der Waals surface area contributed by atoms with Crippen molar-refractivity contribution in [3.8, 4) is 17.2 Å². The van der Waals surface area contributed by atoms with Crippen LogP contribution in [0.4, 0.5) is 0 Å². The summed E-state index contributed by atoms with van der Waals surface area (Å²) < 4.78 is 16.9. The number of aliphatic hydroxyl groups is 1. The van der Waals surface area contributed by atoms with Crippen molar-refractivity contribution in [2.45, 2.75) is 44.4 Å². The molecular formula is C21H26N2O5. The smallest absolute Gasteiger partial charge is 0.270 e. The van der Waals surface area contributed by atoms with Crippen molar-refractivity contribution in [3.63, 3.8) is 0 Å². The molecule has 0 atom stereocenters. The molecule has 7 nitrogen and oxygen atoms in total. The zero-order chi connectivity index (χ0) is 19.9. The van der Waals surface area contributed by atoms with Crippen molar-refractivity contribution in [1.82, 2.24) is 10.3 Å². The van der Waals surface area contributed by atoms with Crippen LogP contribution in [-0.4, -0.2) is 42.4 Å². The summed E-state index contributed by atoms with van der Waals surface area (Å²) in [7, 11) is 3.19. The van der Waals surface area contributed by atoms with Crippen molar-refractivity contribution < 1.29 is 24.1 Å². The molecule has 2 N–H and O–H groups in total. The lowest BCUT2D eigenvalue weighted by Crippen LogP contribution is -2.40. The van der Waals surface area contributed by atoms with Gasteiger partial charge in [0.15, 0.2) is 11.5 Å². The number of benzene rings is 1. The van der Waals surface area contributed by atoms with E-state index in [1.807, 2.05) is 18.2 Å². The molecule has 0 saturated heterocycles. The van der Waals surface area contributed by atoms with Gasteiger partial charge in [-0.25, -0.2) is 0 Å². The van der Waals surface area contributed by atoms with Gasteiger partial charge in [-0.15, -0.1) is 0 Å². The minimum Gasteiger partial charge on any atom is -0.493 e. The fourth-order valence-corrected chi connectivity index (χ4v) is 3.41. The number of methoxy groups -OCH3 is 2. The van der Waals surface area contributed by atoms with Crippen LogP contribution in [0.25, 0.3) is 0 Å². The number of nitrogens with zero attached hydrogens (tertiary/aromatic N) is 1. The predicted octanol–water partition coefficient (Wildman–Crippen LogP) is 2.71. The van der Waals surface area contributed by atoms with Gasteiger partial charge in [-0.3, -0.25) is 9.78 Å². The van der Waals surface area contributed by atoms with Crippen LogP contribution in [0.5, 0.6) is 17.2 Å². The molecule has 0 aliphatic heterocycles. The number of hydrogen-bond donors (Lipinski definition) is 2. The standard InChI is InChI=1S/C21H26N2O5/c1-26-18-4-3-5-19(20(18)27-2)28-16-8-6-15(7-9-16)23-21(25)17-12-14(13-24)10-11-22-17/h3-5,10-12,15-16,24H,6-9,13H2,1-2H3,(H,23,25). The van der Waals surface area contributed by atoms with Crippen LogP contribution in [0, 0.1) is 0 Å². The number of nitrogens with one attached hydrogen (secondary N) is 1. The highest BCUT2D eigenvalue weighted by Crippen LogP contribution is 2.38. The number of carbonyl (C=O) groups is 1. The number of aliphatic hydroxyl groups excluding tert-OH is 1. The summed E-state index contributed by atoms with van der Waals surface area (Å²) in [4.78, 5) is 16.5. The molecule has 7 heteroatoms. The van der Waals surface area contributed by atoms with Gasteiger partial charge in [0.05, 0.1) is 26.9 Å². The van der Waals surface area contributed by atoms with Gasteiger partial charge in [0.25, 0.3) is 5.91 Å². The third-order valence-corrected chi connectivity index (χ3v) is 4.91. The normalized spacial score (nSPS) is 19.0. The van der Waals surface area contributed by atoms with Gasteiger partial charge in [-0.2, -0.15) is 0 Å². The topological polar surface area (TPSA) is 89.9 Å². The number of ether oxygens (including phenoxy) is 3. The van der Waals surface area contributed by atoms with Gasteiger partial charge >= 0.3 is 0 Å². The summed E-state index contributed by atoms with van der Waals surface area (Å²) in [5, 5.41) is 12.2. The zero-order valence-corrected chi connectivity index (χ0v) is 16.2. The number of para-hydroxylation sites is 1.